The molecule has 1 aliphatic heterocycles. The monoisotopic (exact) mass is 443 g/mol. The average Bonchev–Trinajstić information content (AvgIpc) is 3.56. The molecule has 0 bridgehead atoms. The molecule has 2 aromatic rings. The molecule has 4 rings (SSSR count). The van der Waals surface area contributed by atoms with Crippen molar-refractivity contribution in [2.75, 3.05) is 18.4 Å². The van der Waals surface area contributed by atoms with E-state index in [4.69, 9.17) is 11.6 Å². The number of anilines is 1. The van der Waals surface area contributed by atoms with Crippen molar-refractivity contribution in [3.63, 3.8) is 0 Å². The summed E-state index contributed by atoms with van der Waals surface area (Å²) in [4.78, 5) is 12.9. The maximum Gasteiger partial charge on any atom is 0.243 e. The van der Waals surface area contributed by atoms with Gasteiger partial charge in [-0.1, -0.05) is 23.7 Å². The van der Waals surface area contributed by atoms with Gasteiger partial charge in [0.05, 0.1) is 22.3 Å². The number of halogens is 1. The molecule has 30 heavy (non-hydrogen) atoms. The minimum atomic E-state index is -3.67. The molecule has 1 N–H and O–H groups in total. The van der Waals surface area contributed by atoms with Gasteiger partial charge >= 0.3 is 0 Å². The smallest absolute Gasteiger partial charge is 0.243 e. The fourth-order valence-electron chi connectivity index (χ4n) is 3.84. The molecule has 1 atom stereocenters. The highest BCUT2D eigenvalue weighted by molar-refractivity contribution is 7.89. The predicted molar refractivity (Wildman–Crippen MR) is 115 cm³/mol. The summed E-state index contributed by atoms with van der Waals surface area (Å²) in [6.45, 7) is 0.534. The Balaban J connectivity index is 1.42. The van der Waals surface area contributed by atoms with Crippen molar-refractivity contribution in [1.82, 2.24) is 4.31 Å². The highest BCUT2D eigenvalue weighted by Gasteiger charge is 2.44. The molecule has 0 radical (unpaired) electrons. The van der Waals surface area contributed by atoms with Gasteiger partial charge in [-0.15, -0.1) is 0 Å². The summed E-state index contributed by atoms with van der Waals surface area (Å²) in [6, 6.07) is 15.8. The fourth-order valence-corrected chi connectivity index (χ4v) is 5.49. The zero-order chi connectivity index (χ0) is 21.4. The molecule has 1 heterocycles. The number of sulfonamides is 1. The Morgan fingerprint density at radius 3 is 2.40 bits per heavy atom. The van der Waals surface area contributed by atoms with Crippen LogP contribution in [0.2, 0.25) is 5.02 Å². The van der Waals surface area contributed by atoms with Crippen LogP contribution in [0.15, 0.2) is 53.4 Å². The largest absolute Gasteiger partial charge is 0.326 e. The maximum absolute atomic E-state index is 12.9. The van der Waals surface area contributed by atoms with Crippen LogP contribution in [0.25, 0.3) is 0 Å². The van der Waals surface area contributed by atoms with Crippen molar-refractivity contribution >= 4 is 33.2 Å². The SMILES string of the molecule is N#CC1(c2ccc(NC(=O)C3CCCN(S(=O)(=O)c4ccc(Cl)cc4)C3)cc2)CC1. The van der Waals surface area contributed by atoms with Gasteiger partial charge in [0.1, 0.15) is 0 Å². The van der Waals surface area contributed by atoms with Crippen molar-refractivity contribution in [3.05, 3.63) is 59.1 Å². The molecule has 1 aliphatic carbocycles. The highest BCUT2D eigenvalue weighted by atomic mass is 35.5. The lowest BCUT2D eigenvalue weighted by Gasteiger charge is -2.31. The van der Waals surface area contributed by atoms with E-state index in [-0.39, 0.29) is 22.8 Å². The van der Waals surface area contributed by atoms with Gasteiger partial charge in [0.2, 0.25) is 15.9 Å². The molecule has 156 valence electrons. The van der Waals surface area contributed by atoms with Crippen LogP contribution in [-0.2, 0) is 20.2 Å². The molecule has 2 fully saturated rings. The number of amides is 1. The van der Waals surface area contributed by atoms with Gasteiger partial charge < -0.3 is 5.32 Å². The van der Waals surface area contributed by atoms with Gasteiger partial charge in [0.25, 0.3) is 0 Å². The molecule has 0 spiro atoms. The lowest BCUT2D eigenvalue weighted by atomic mass is 9.97. The summed E-state index contributed by atoms with van der Waals surface area (Å²) < 4.78 is 27.2. The zero-order valence-electron chi connectivity index (χ0n) is 16.3. The first-order valence-electron chi connectivity index (χ1n) is 9.92. The Labute approximate surface area is 181 Å². The van der Waals surface area contributed by atoms with Gasteiger partial charge in [0, 0.05) is 23.8 Å². The Kier molecular flexibility index (Phi) is 5.58. The van der Waals surface area contributed by atoms with Crippen LogP contribution >= 0.6 is 11.6 Å². The Morgan fingerprint density at radius 1 is 1.13 bits per heavy atom. The summed E-state index contributed by atoms with van der Waals surface area (Å²) >= 11 is 5.86. The summed E-state index contributed by atoms with van der Waals surface area (Å²) in [7, 11) is -3.67. The quantitative estimate of drug-likeness (QED) is 0.757. The van der Waals surface area contributed by atoms with E-state index in [1.54, 1.807) is 24.3 Å². The van der Waals surface area contributed by atoms with Gasteiger partial charge in [-0.3, -0.25) is 4.79 Å². The van der Waals surface area contributed by atoms with Crippen molar-refractivity contribution in [2.45, 2.75) is 36.0 Å². The van der Waals surface area contributed by atoms with Crippen molar-refractivity contribution < 1.29 is 13.2 Å². The van der Waals surface area contributed by atoms with E-state index in [2.05, 4.69) is 11.4 Å². The summed E-state index contributed by atoms with van der Waals surface area (Å²) in [5.74, 6) is -0.616. The van der Waals surface area contributed by atoms with Crippen molar-refractivity contribution in [2.24, 2.45) is 5.92 Å². The van der Waals surface area contributed by atoms with Crippen LogP contribution in [0.5, 0.6) is 0 Å². The van der Waals surface area contributed by atoms with Crippen LogP contribution < -0.4 is 5.32 Å². The number of piperidine rings is 1. The van der Waals surface area contributed by atoms with E-state index >= 15 is 0 Å². The number of benzene rings is 2. The maximum atomic E-state index is 12.9. The first-order valence-corrected chi connectivity index (χ1v) is 11.7. The topological polar surface area (TPSA) is 90.3 Å². The van der Waals surface area contributed by atoms with E-state index in [1.807, 2.05) is 12.1 Å². The van der Waals surface area contributed by atoms with Gasteiger partial charge in [0.15, 0.2) is 0 Å². The second-order valence-electron chi connectivity index (χ2n) is 7.92. The minimum Gasteiger partial charge on any atom is -0.326 e. The molecular weight excluding hydrogens is 422 g/mol. The lowest BCUT2D eigenvalue weighted by Crippen LogP contribution is -2.43. The molecule has 1 amide bonds. The third-order valence-corrected chi connectivity index (χ3v) is 8.01. The molecular formula is C22H22ClN3O3S. The number of hydrogen-bond donors (Lipinski definition) is 1. The summed E-state index contributed by atoms with van der Waals surface area (Å²) in [6.07, 6.45) is 2.99. The first kappa shape index (κ1) is 20.9. The third kappa shape index (κ3) is 4.08. The van der Waals surface area contributed by atoms with Crippen LogP contribution in [-0.4, -0.2) is 31.7 Å². The van der Waals surface area contributed by atoms with Crippen LogP contribution in [0.1, 0.15) is 31.2 Å². The molecule has 8 heteroatoms. The van der Waals surface area contributed by atoms with Crippen molar-refractivity contribution in [3.8, 4) is 6.07 Å². The van der Waals surface area contributed by atoms with Crippen molar-refractivity contribution in [1.29, 1.82) is 5.26 Å². The predicted octanol–water partition coefficient (Wildman–Crippen LogP) is 3.93. The lowest BCUT2D eigenvalue weighted by molar-refractivity contribution is -0.120. The first-order chi connectivity index (χ1) is 14.3. The van der Waals surface area contributed by atoms with E-state index < -0.39 is 15.9 Å². The van der Waals surface area contributed by atoms with Crippen LogP contribution in [0.4, 0.5) is 5.69 Å². The number of carbonyl (C=O) groups excluding carboxylic acids is 1. The molecule has 1 unspecified atom stereocenters. The second kappa shape index (κ2) is 8.03. The van der Waals surface area contributed by atoms with Gasteiger partial charge in [-0.05, 0) is 67.6 Å². The number of carbonyl (C=O) groups is 1. The molecule has 0 aromatic heterocycles. The molecule has 2 aromatic carbocycles. The third-order valence-electron chi connectivity index (χ3n) is 5.88. The van der Waals surface area contributed by atoms with Gasteiger partial charge in [-0.25, -0.2) is 8.42 Å². The number of nitrogens with zero attached hydrogens (tertiary/aromatic N) is 2. The second-order valence-corrected chi connectivity index (χ2v) is 10.3. The normalized spacial score (nSPS) is 20.9. The Morgan fingerprint density at radius 2 is 1.80 bits per heavy atom. The number of nitriles is 1. The number of hydrogen-bond acceptors (Lipinski definition) is 4. The van der Waals surface area contributed by atoms with E-state index in [0.29, 0.717) is 30.1 Å². The van der Waals surface area contributed by atoms with Crippen LogP contribution in [0, 0.1) is 17.2 Å². The summed E-state index contributed by atoms with van der Waals surface area (Å²) in [5, 5.41) is 12.7. The number of rotatable bonds is 5. The molecule has 1 saturated carbocycles. The fraction of sp³-hybridized carbons (Fsp3) is 0.364. The molecule has 6 nitrogen and oxygen atoms in total. The Bertz CT molecular complexity index is 1090. The summed E-state index contributed by atoms with van der Waals surface area (Å²) in [5.41, 5.74) is 1.26. The average molecular weight is 444 g/mol. The van der Waals surface area contributed by atoms with E-state index in [1.165, 1.54) is 16.4 Å². The molecule has 2 aliphatic rings. The van der Waals surface area contributed by atoms with Crippen LogP contribution in [0.3, 0.4) is 0 Å². The van der Waals surface area contributed by atoms with E-state index in [9.17, 15) is 18.5 Å². The van der Waals surface area contributed by atoms with E-state index in [0.717, 1.165) is 18.4 Å². The zero-order valence-corrected chi connectivity index (χ0v) is 17.9. The minimum absolute atomic E-state index is 0.145. The highest BCUT2D eigenvalue weighted by Crippen LogP contribution is 2.47. The Hall–Kier alpha value is -2.40. The molecule has 1 saturated heterocycles. The number of nitrogens with one attached hydrogen (secondary N) is 1. The van der Waals surface area contributed by atoms with Gasteiger partial charge in [-0.2, -0.15) is 9.57 Å². The standard InChI is InChI=1S/C22H22ClN3O3S/c23-18-5-9-20(10-6-18)30(28,29)26-13-1-2-16(14-26)21(27)25-19-7-3-17(4-8-19)22(15-24)11-12-22/h3-10,16H,1-2,11-14H2,(H,25,27).